The number of hydrogen-bond donors (Lipinski definition) is 0. The summed E-state index contributed by atoms with van der Waals surface area (Å²) in [7, 11) is 0. The van der Waals surface area contributed by atoms with Crippen LogP contribution in [0, 0.1) is 12.8 Å². The average Bonchev–Trinajstić information content (AvgIpc) is 3.31. The molecule has 0 bridgehead atoms. The minimum Gasteiger partial charge on any atom is -0.335 e. The summed E-state index contributed by atoms with van der Waals surface area (Å²) in [6.45, 7) is 5.82. The number of carbonyl (C=O) groups excluding carboxylic acids is 1. The zero-order valence-electron chi connectivity index (χ0n) is 21.3. The summed E-state index contributed by atoms with van der Waals surface area (Å²) in [5.41, 5.74) is 4.74. The molecule has 2 unspecified atom stereocenters. The molecule has 4 heteroatoms. The van der Waals surface area contributed by atoms with Crippen molar-refractivity contribution in [1.29, 1.82) is 0 Å². The van der Waals surface area contributed by atoms with E-state index >= 15 is 0 Å². The van der Waals surface area contributed by atoms with Gasteiger partial charge in [0, 0.05) is 48.7 Å². The lowest BCUT2D eigenvalue weighted by Crippen LogP contribution is -2.45. The van der Waals surface area contributed by atoms with Crippen LogP contribution in [-0.2, 0) is 6.54 Å². The van der Waals surface area contributed by atoms with E-state index in [1.165, 1.54) is 36.0 Å². The molecular formula is C32H37ClN2O. The molecule has 0 N–H and O–H groups in total. The molecule has 0 spiro atoms. The van der Waals surface area contributed by atoms with Gasteiger partial charge >= 0.3 is 0 Å². The number of aryl methyl sites for hydroxylation is 1. The lowest BCUT2D eigenvalue weighted by atomic mass is 9.85. The Labute approximate surface area is 221 Å². The van der Waals surface area contributed by atoms with Gasteiger partial charge in [0.2, 0.25) is 0 Å². The Kier molecular flexibility index (Phi) is 8.09. The maximum atomic E-state index is 13.9. The molecule has 1 saturated heterocycles. The highest BCUT2D eigenvalue weighted by Crippen LogP contribution is 2.37. The molecule has 1 aliphatic heterocycles. The average molecular weight is 501 g/mol. The van der Waals surface area contributed by atoms with Gasteiger partial charge in [-0.15, -0.1) is 0 Å². The van der Waals surface area contributed by atoms with Crippen molar-refractivity contribution in [3.05, 3.63) is 106 Å². The monoisotopic (exact) mass is 500 g/mol. The van der Waals surface area contributed by atoms with E-state index in [0.29, 0.717) is 17.9 Å². The number of carbonyl (C=O) groups is 1. The van der Waals surface area contributed by atoms with Crippen molar-refractivity contribution in [1.82, 2.24) is 9.80 Å². The Morgan fingerprint density at radius 3 is 2.33 bits per heavy atom. The largest absolute Gasteiger partial charge is 0.335 e. The van der Waals surface area contributed by atoms with Gasteiger partial charge in [0.15, 0.2) is 0 Å². The summed E-state index contributed by atoms with van der Waals surface area (Å²) >= 11 is 6.53. The van der Waals surface area contributed by atoms with Crippen LogP contribution in [0.3, 0.4) is 0 Å². The van der Waals surface area contributed by atoms with Crippen LogP contribution in [0.2, 0.25) is 5.02 Å². The van der Waals surface area contributed by atoms with E-state index in [0.717, 1.165) is 49.6 Å². The van der Waals surface area contributed by atoms with Gasteiger partial charge in [0.1, 0.15) is 0 Å². The van der Waals surface area contributed by atoms with Gasteiger partial charge in [-0.05, 0) is 60.6 Å². The molecule has 3 aromatic rings. The highest BCUT2D eigenvalue weighted by molar-refractivity contribution is 6.31. The van der Waals surface area contributed by atoms with Gasteiger partial charge in [-0.25, -0.2) is 0 Å². The molecule has 1 amide bonds. The fraction of sp³-hybridized carbons (Fsp3) is 0.406. The van der Waals surface area contributed by atoms with Crippen LogP contribution in [0.15, 0.2) is 78.9 Å². The molecule has 2 atom stereocenters. The molecule has 188 valence electrons. The van der Waals surface area contributed by atoms with Crippen LogP contribution < -0.4 is 0 Å². The van der Waals surface area contributed by atoms with Gasteiger partial charge in [0.25, 0.3) is 5.91 Å². The fourth-order valence-corrected chi connectivity index (χ4v) is 6.48. The molecule has 2 aliphatic rings. The topological polar surface area (TPSA) is 23.6 Å². The SMILES string of the molecule is Cc1ccccc1C1CN(Cc2ccccc2Cl)CC1CN(C(=O)c1ccccc1)C1CCCCC1. The van der Waals surface area contributed by atoms with E-state index in [2.05, 4.69) is 53.1 Å². The maximum absolute atomic E-state index is 13.9. The number of amides is 1. The first-order valence-electron chi connectivity index (χ1n) is 13.5. The first-order valence-corrected chi connectivity index (χ1v) is 13.8. The molecule has 2 fully saturated rings. The van der Waals surface area contributed by atoms with Crippen LogP contribution in [0.4, 0.5) is 0 Å². The van der Waals surface area contributed by atoms with Gasteiger partial charge in [-0.2, -0.15) is 0 Å². The minimum absolute atomic E-state index is 0.190. The van der Waals surface area contributed by atoms with Crippen LogP contribution in [0.5, 0.6) is 0 Å². The van der Waals surface area contributed by atoms with Crippen molar-refractivity contribution in [2.24, 2.45) is 5.92 Å². The Bertz CT molecular complexity index is 1160. The highest BCUT2D eigenvalue weighted by Gasteiger charge is 2.38. The number of likely N-dealkylation sites (tertiary alicyclic amines) is 1. The summed E-state index contributed by atoms with van der Waals surface area (Å²) in [5, 5.41) is 0.830. The van der Waals surface area contributed by atoms with Gasteiger partial charge in [-0.3, -0.25) is 9.69 Å². The second-order valence-electron chi connectivity index (χ2n) is 10.6. The zero-order valence-corrected chi connectivity index (χ0v) is 22.0. The minimum atomic E-state index is 0.190. The molecular weight excluding hydrogens is 464 g/mol. The molecule has 3 nitrogen and oxygen atoms in total. The number of nitrogens with zero attached hydrogens (tertiary/aromatic N) is 2. The first-order chi connectivity index (χ1) is 17.6. The predicted molar refractivity (Wildman–Crippen MR) is 148 cm³/mol. The van der Waals surface area contributed by atoms with Gasteiger partial charge in [-0.1, -0.05) is 91.5 Å². The Morgan fingerprint density at radius 1 is 0.889 bits per heavy atom. The molecule has 1 aliphatic carbocycles. The molecule has 3 aromatic carbocycles. The van der Waals surface area contributed by atoms with E-state index < -0.39 is 0 Å². The van der Waals surface area contributed by atoms with Crippen LogP contribution in [0.1, 0.15) is 65.1 Å². The number of halogens is 1. The smallest absolute Gasteiger partial charge is 0.254 e. The number of rotatable bonds is 7. The Morgan fingerprint density at radius 2 is 1.58 bits per heavy atom. The molecule has 0 aromatic heterocycles. The Hall–Kier alpha value is -2.62. The lowest BCUT2D eigenvalue weighted by molar-refractivity contribution is 0.0588. The predicted octanol–water partition coefficient (Wildman–Crippen LogP) is 7.34. The van der Waals surface area contributed by atoms with Gasteiger partial charge < -0.3 is 4.90 Å². The summed E-state index contributed by atoms with van der Waals surface area (Å²) in [5.74, 6) is 0.960. The Balaban J connectivity index is 1.43. The fourth-order valence-electron chi connectivity index (χ4n) is 6.29. The maximum Gasteiger partial charge on any atom is 0.254 e. The zero-order chi connectivity index (χ0) is 24.9. The van der Waals surface area contributed by atoms with Crippen LogP contribution in [-0.4, -0.2) is 41.4 Å². The third kappa shape index (κ3) is 5.68. The second-order valence-corrected chi connectivity index (χ2v) is 11.0. The van der Waals surface area contributed by atoms with E-state index in [1.54, 1.807) is 0 Å². The number of benzene rings is 3. The van der Waals surface area contributed by atoms with E-state index in [-0.39, 0.29) is 5.91 Å². The standard InChI is InChI=1S/C32H37ClN2O/c1-24-12-8-10-18-29(24)30-23-34(20-26-15-9-11-19-31(26)33)21-27(30)22-35(28-16-6-3-7-17-28)32(36)25-13-4-2-5-14-25/h2,4-5,8-15,18-19,27-28,30H,3,6-7,16-17,20-23H2,1H3. The second kappa shape index (κ2) is 11.6. The van der Waals surface area contributed by atoms with Crippen molar-refractivity contribution in [2.75, 3.05) is 19.6 Å². The highest BCUT2D eigenvalue weighted by atomic mass is 35.5. The third-order valence-electron chi connectivity index (χ3n) is 8.18. The van der Waals surface area contributed by atoms with Crippen LogP contribution in [0.25, 0.3) is 0 Å². The van der Waals surface area contributed by atoms with Crippen molar-refractivity contribution < 1.29 is 4.79 Å². The molecule has 5 rings (SSSR count). The molecule has 0 radical (unpaired) electrons. The van der Waals surface area contributed by atoms with E-state index in [4.69, 9.17) is 11.6 Å². The summed E-state index contributed by atoms with van der Waals surface area (Å²) in [4.78, 5) is 18.6. The van der Waals surface area contributed by atoms with Crippen LogP contribution >= 0.6 is 11.6 Å². The summed E-state index contributed by atoms with van der Waals surface area (Å²) < 4.78 is 0. The van der Waals surface area contributed by atoms with Crippen molar-refractivity contribution in [3.8, 4) is 0 Å². The third-order valence-corrected chi connectivity index (χ3v) is 8.55. The molecule has 1 saturated carbocycles. The summed E-state index contributed by atoms with van der Waals surface area (Å²) in [6.07, 6.45) is 5.94. The normalized spacial score (nSPS) is 20.9. The molecule has 1 heterocycles. The number of hydrogen-bond acceptors (Lipinski definition) is 2. The molecule has 36 heavy (non-hydrogen) atoms. The van der Waals surface area contributed by atoms with E-state index in [1.807, 2.05) is 42.5 Å². The van der Waals surface area contributed by atoms with Crippen molar-refractivity contribution >= 4 is 17.5 Å². The quantitative estimate of drug-likeness (QED) is 0.339. The summed E-state index contributed by atoms with van der Waals surface area (Å²) in [6, 6.07) is 27.2. The van der Waals surface area contributed by atoms with Crippen molar-refractivity contribution in [3.63, 3.8) is 0 Å². The van der Waals surface area contributed by atoms with Gasteiger partial charge in [0.05, 0.1) is 0 Å². The lowest BCUT2D eigenvalue weighted by Gasteiger charge is -2.37. The first kappa shape index (κ1) is 25.0. The van der Waals surface area contributed by atoms with E-state index in [9.17, 15) is 4.79 Å². The van der Waals surface area contributed by atoms with Crippen molar-refractivity contribution in [2.45, 2.75) is 57.5 Å².